The lowest BCUT2D eigenvalue weighted by Crippen LogP contribution is -2.34. The van der Waals surface area contributed by atoms with Crippen LogP contribution in [0.25, 0.3) is 6.08 Å². The number of esters is 1. The van der Waals surface area contributed by atoms with Crippen LogP contribution in [0.5, 0.6) is 11.5 Å². The minimum Gasteiger partial charge on any atom is -0.492 e. The topological polar surface area (TPSA) is 119 Å². The van der Waals surface area contributed by atoms with E-state index in [2.05, 4.69) is 0 Å². The SMILES string of the molecule is COCOc1ccc(OCCN)c2c1C(=O)O[C@@H](C)[C@H](C)/C=C\C(O)[C@H]1OC(C)(C)O[C@H]1C/C=C/2. The molecule has 1 aromatic rings. The number of carbonyl (C=O) groups is 1. The Bertz CT molecular complexity index is 928. The lowest BCUT2D eigenvalue weighted by atomic mass is 9.98. The molecule has 0 bridgehead atoms. The van der Waals surface area contributed by atoms with E-state index in [1.165, 1.54) is 7.11 Å². The fourth-order valence-corrected chi connectivity index (χ4v) is 4.04. The molecule has 1 fully saturated rings. The van der Waals surface area contributed by atoms with Crippen LogP contribution in [0.2, 0.25) is 0 Å². The third kappa shape index (κ3) is 6.83. The molecule has 1 saturated heterocycles. The van der Waals surface area contributed by atoms with Crippen molar-refractivity contribution in [3.63, 3.8) is 0 Å². The van der Waals surface area contributed by atoms with Crippen molar-refractivity contribution in [3.8, 4) is 11.5 Å². The van der Waals surface area contributed by atoms with Gasteiger partial charge < -0.3 is 39.3 Å². The highest BCUT2D eigenvalue weighted by molar-refractivity contribution is 5.98. The summed E-state index contributed by atoms with van der Waals surface area (Å²) < 4.78 is 34.4. The predicted molar refractivity (Wildman–Crippen MR) is 130 cm³/mol. The van der Waals surface area contributed by atoms with E-state index >= 15 is 0 Å². The zero-order valence-electron chi connectivity index (χ0n) is 21.1. The monoisotopic (exact) mass is 491 g/mol. The summed E-state index contributed by atoms with van der Waals surface area (Å²) in [6.45, 7) is 7.89. The molecule has 9 heteroatoms. The highest BCUT2D eigenvalue weighted by Gasteiger charge is 2.43. The molecule has 0 saturated carbocycles. The number of methoxy groups -OCH3 is 1. The Labute approximate surface area is 206 Å². The van der Waals surface area contributed by atoms with Gasteiger partial charge in [-0.05, 0) is 39.3 Å². The van der Waals surface area contributed by atoms with Crippen molar-refractivity contribution in [1.29, 1.82) is 0 Å². The van der Waals surface area contributed by atoms with Crippen LogP contribution in [0.15, 0.2) is 30.4 Å². The highest BCUT2D eigenvalue weighted by Crippen LogP contribution is 2.36. The van der Waals surface area contributed by atoms with Gasteiger partial charge in [0.25, 0.3) is 0 Å². The van der Waals surface area contributed by atoms with E-state index in [1.807, 2.05) is 32.9 Å². The minimum absolute atomic E-state index is 0.0387. The molecule has 0 amide bonds. The van der Waals surface area contributed by atoms with E-state index in [0.717, 1.165) is 0 Å². The van der Waals surface area contributed by atoms with Crippen LogP contribution in [0.4, 0.5) is 0 Å². The zero-order valence-corrected chi connectivity index (χ0v) is 21.1. The molecule has 1 aromatic carbocycles. The van der Waals surface area contributed by atoms with E-state index in [-0.39, 0.29) is 24.9 Å². The van der Waals surface area contributed by atoms with Crippen molar-refractivity contribution in [2.45, 2.75) is 64.3 Å². The van der Waals surface area contributed by atoms with Crippen LogP contribution < -0.4 is 15.2 Å². The van der Waals surface area contributed by atoms with Gasteiger partial charge >= 0.3 is 5.97 Å². The van der Waals surface area contributed by atoms with Gasteiger partial charge in [-0.15, -0.1) is 0 Å². The number of rotatable bonds is 6. The van der Waals surface area contributed by atoms with Crippen LogP contribution in [0.3, 0.4) is 0 Å². The first-order chi connectivity index (χ1) is 16.7. The molecule has 0 radical (unpaired) electrons. The quantitative estimate of drug-likeness (QED) is 0.352. The molecule has 9 nitrogen and oxygen atoms in total. The number of carbonyl (C=O) groups excluding carboxylic acids is 1. The van der Waals surface area contributed by atoms with Crippen LogP contribution in [-0.2, 0) is 18.9 Å². The maximum atomic E-state index is 13.4. The maximum absolute atomic E-state index is 13.4. The molecular formula is C26H37NO8. The normalized spacial score (nSPS) is 30.4. The number of hydrogen-bond acceptors (Lipinski definition) is 9. The molecule has 0 spiro atoms. The Morgan fingerprint density at radius 2 is 1.89 bits per heavy atom. The number of fused-ring (bicyclic) bond motifs is 2. The fraction of sp³-hybridized carbons (Fsp3) is 0.577. The molecule has 0 aromatic heterocycles. The summed E-state index contributed by atoms with van der Waals surface area (Å²) in [6.07, 6.45) is 5.24. The first-order valence-electron chi connectivity index (χ1n) is 11.9. The molecule has 5 atom stereocenters. The zero-order chi connectivity index (χ0) is 25.6. The average molecular weight is 492 g/mol. The summed E-state index contributed by atoms with van der Waals surface area (Å²) in [5.74, 6) is -0.785. The van der Waals surface area contributed by atoms with Crippen molar-refractivity contribution < 1.29 is 38.3 Å². The Balaban J connectivity index is 2.09. The molecule has 3 N–H and O–H groups in total. The molecule has 35 heavy (non-hydrogen) atoms. The van der Waals surface area contributed by atoms with Gasteiger partial charge in [0.2, 0.25) is 0 Å². The predicted octanol–water partition coefficient (Wildman–Crippen LogP) is 3.04. The standard InChI is InChI=1S/C26H37NO8/c1-16-9-10-19(28)24-22(34-26(3,4)35-24)8-6-7-18-20(31-14-13-27)11-12-21(32-15-30-5)23(18)25(29)33-17(16)2/h6-7,9-12,16-17,19,22,24,28H,8,13-15,27H2,1-5H3/b7-6+,10-9-/t16-,17+,19?,22+,24-/m1/s1. The average Bonchev–Trinajstić information content (AvgIpc) is 3.13. The van der Waals surface area contributed by atoms with Gasteiger partial charge in [-0.2, -0.15) is 0 Å². The van der Waals surface area contributed by atoms with Gasteiger partial charge in [-0.3, -0.25) is 0 Å². The van der Waals surface area contributed by atoms with E-state index in [1.54, 1.807) is 31.2 Å². The van der Waals surface area contributed by atoms with E-state index in [9.17, 15) is 9.90 Å². The lowest BCUT2D eigenvalue weighted by molar-refractivity contribution is -0.152. The van der Waals surface area contributed by atoms with Crippen LogP contribution in [0.1, 0.15) is 50.0 Å². The first-order valence-corrected chi connectivity index (χ1v) is 11.9. The number of aliphatic hydroxyl groups excluding tert-OH is 1. The van der Waals surface area contributed by atoms with Crippen molar-refractivity contribution in [3.05, 3.63) is 41.5 Å². The number of hydrogen-bond donors (Lipinski definition) is 2. The number of nitrogens with two attached hydrogens (primary N) is 1. The third-order valence-electron chi connectivity index (χ3n) is 5.94. The lowest BCUT2D eigenvalue weighted by Gasteiger charge is -2.23. The largest absolute Gasteiger partial charge is 0.492 e. The molecular weight excluding hydrogens is 454 g/mol. The van der Waals surface area contributed by atoms with Crippen LogP contribution in [0, 0.1) is 5.92 Å². The van der Waals surface area contributed by atoms with Crippen molar-refractivity contribution in [1.82, 2.24) is 0 Å². The Morgan fingerprint density at radius 3 is 2.60 bits per heavy atom. The van der Waals surface area contributed by atoms with Gasteiger partial charge in [-0.1, -0.05) is 31.2 Å². The Morgan fingerprint density at radius 1 is 1.14 bits per heavy atom. The maximum Gasteiger partial charge on any atom is 0.342 e. The number of aliphatic hydroxyl groups is 1. The Hall–Kier alpha value is -2.43. The van der Waals surface area contributed by atoms with Gasteiger partial charge in [0.15, 0.2) is 12.6 Å². The number of cyclic esters (lactones) is 1. The number of ether oxygens (including phenoxy) is 6. The molecule has 2 aliphatic rings. The van der Waals surface area contributed by atoms with E-state index in [0.29, 0.717) is 30.0 Å². The van der Waals surface area contributed by atoms with Gasteiger partial charge in [-0.25, -0.2) is 4.79 Å². The summed E-state index contributed by atoms with van der Waals surface area (Å²) in [4.78, 5) is 13.4. The summed E-state index contributed by atoms with van der Waals surface area (Å²) in [7, 11) is 1.50. The second kappa shape index (κ2) is 12.0. The second-order valence-corrected chi connectivity index (χ2v) is 9.16. The highest BCUT2D eigenvalue weighted by atomic mass is 16.8. The molecule has 2 aliphatic heterocycles. The second-order valence-electron chi connectivity index (χ2n) is 9.16. The number of benzene rings is 1. The fourth-order valence-electron chi connectivity index (χ4n) is 4.04. The van der Waals surface area contributed by atoms with E-state index < -0.39 is 36.2 Å². The summed E-state index contributed by atoms with van der Waals surface area (Å²) in [5.41, 5.74) is 6.37. The summed E-state index contributed by atoms with van der Waals surface area (Å²) >= 11 is 0. The molecule has 1 unspecified atom stereocenters. The molecule has 2 heterocycles. The van der Waals surface area contributed by atoms with Crippen LogP contribution in [-0.4, -0.2) is 68.3 Å². The molecule has 3 rings (SSSR count). The smallest absolute Gasteiger partial charge is 0.342 e. The van der Waals surface area contributed by atoms with Gasteiger partial charge in [0.1, 0.15) is 42.0 Å². The summed E-state index contributed by atoms with van der Waals surface area (Å²) in [5, 5.41) is 10.8. The Kier molecular flexibility index (Phi) is 9.32. The first kappa shape index (κ1) is 27.2. The van der Waals surface area contributed by atoms with E-state index in [4.69, 9.17) is 34.2 Å². The molecule has 0 aliphatic carbocycles. The summed E-state index contributed by atoms with van der Waals surface area (Å²) in [6, 6.07) is 3.37. The van der Waals surface area contributed by atoms with Crippen molar-refractivity contribution in [2.75, 3.05) is 27.1 Å². The van der Waals surface area contributed by atoms with Crippen molar-refractivity contribution in [2.24, 2.45) is 11.7 Å². The minimum atomic E-state index is -0.881. The van der Waals surface area contributed by atoms with Gasteiger partial charge in [0.05, 0.1) is 6.10 Å². The van der Waals surface area contributed by atoms with Crippen LogP contribution >= 0.6 is 0 Å². The van der Waals surface area contributed by atoms with Gasteiger partial charge in [0, 0.05) is 25.1 Å². The third-order valence-corrected chi connectivity index (χ3v) is 5.94. The molecule has 194 valence electrons. The van der Waals surface area contributed by atoms with Crippen molar-refractivity contribution >= 4 is 12.0 Å².